The quantitative estimate of drug-likeness (QED) is 0.536. The minimum atomic E-state index is 0.552. The average Bonchev–Trinajstić information content (AvgIpc) is 2.55. The molecule has 0 aliphatic heterocycles. The van der Waals surface area contributed by atoms with Gasteiger partial charge in [-0.3, -0.25) is 0 Å². The number of benzene rings is 2. The van der Waals surface area contributed by atoms with E-state index >= 15 is 0 Å². The van der Waals surface area contributed by atoms with E-state index in [1.54, 1.807) is 0 Å². The highest BCUT2D eigenvalue weighted by Crippen LogP contribution is 2.24. The summed E-state index contributed by atoms with van der Waals surface area (Å²) in [5.74, 6) is 1.10. The summed E-state index contributed by atoms with van der Waals surface area (Å²) in [7, 11) is 0. The molecule has 0 unspecified atom stereocenters. The smallest absolute Gasteiger partial charge is 0.221 e. The molecule has 0 N–H and O–H groups in total. The van der Waals surface area contributed by atoms with Crippen molar-refractivity contribution in [3.05, 3.63) is 73.1 Å². The number of ether oxygens (including phenoxy) is 1. The van der Waals surface area contributed by atoms with Crippen molar-refractivity contribution in [2.24, 2.45) is 0 Å². The molecule has 4 rings (SSSR count). The van der Waals surface area contributed by atoms with E-state index in [9.17, 15) is 0 Å². The Hall–Kier alpha value is -2.94. The lowest BCUT2D eigenvalue weighted by Crippen LogP contribution is -1.90. The van der Waals surface area contributed by atoms with Crippen molar-refractivity contribution in [1.29, 1.82) is 0 Å². The van der Waals surface area contributed by atoms with E-state index in [-0.39, 0.29) is 0 Å². The summed E-state index contributed by atoms with van der Waals surface area (Å²) in [6.07, 6.45) is 3.62. The van der Waals surface area contributed by atoms with E-state index in [0.717, 1.165) is 21.5 Å². The maximum atomic E-state index is 5.77. The lowest BCUT2D eigenvalue weighted by molar-refractivity contribution is 0.446. The van der Waals surface area contributed by atoms with Gasteiger partial charge in [0.05, 0.1) is 0 Å². The Bertz CT molecular complexity index is 857. The number of nitrogens with zero attached hydrogens (tertiary/aromatic N) is 2. The molecule has 4 aromatic rings. The molecule has 0 radical (unpaired) electrons. The standard InChI is InChI=1S/C18H12N2O/c1-3-7-15-11-19-17(9-13(15)5-1)21-18-10-14-6-2-4-8-16(14)12-20-18/h1-12H. The van der Waals surface area contributed by atoms with Crippen molar-refractivity contribution in [1.82, 2.24) is 9.97 Å². The molecule has 2 heterocycles. The van der Waals surface area contributed by atoms with Crippen molar-refractivity contribution in [3.8, 4) is 11.8 Å². The molecule has 2 aromatic heterocycles. The monoisotopic (exact) mass is 272 g/mol. The van der Waals surface area contributed by atoms with E-state index < -0.39 is 0 Å². The number of rotatable bonds is 2. The van der Waals surface area contributed by atoms with Gasteiger partial charge in [0.25, 0.3) is 0 Å². The van der Waals surface area contributed by atoms with E-state index in [2.05, 4.69) is 9.97 Å². The Morgan fingerprint density at radius 3 is 1.48 bits per heavy atom. The van der Waals surface area contributed by atoms with Gasteiger partial charge < -0.3 is 4.74 Å². The average molecular weight is 272 g/mol. The van der Waals surface area contributed by atoms with Gasteiger partial charge in [0, 0.05) is 35.3 Å². The summed E-state index contributed by atoms with van der Waals surface area (Å²) < 4.78 is 5.77. The highest BCUT2D eigenvalue weighted by atomic mass is 16.5. The first-order valence-corrected chi connectivity index (χ1v) is 6.76. The minimum Gasteiger partial charge on any atom is -0.421 e. The van der Waals surface area contributed by atoms with Crippen LogP contribution in [0.2, 0.25) is 0 Å². The zero-order valence-corrected chi connectivity index (χ0v) is 11.2. The summed E-state index contributed by atoms with van der Waals surface area (Å²) in [5.41, 5.74) is 0. The lowest BCUT2D eigenvalue weighted by Gasteiger charge is -2.06. The summed E-state index contributed by atoms with van der Waals surface area (Å²) in [6.45, 7) is 0. The summed E-state index contributed by atoms with van der Waals surface area (Å²) in [6, 6.07) is 20.0. The zero-order valence-electron chi connectivity index (χ0n) is 11.2. The molecule has 0 saturated carbocycles. The van der Waals surface area contributed by atoms with Crippen molar-refractivity contribution in [2.45, 2.75) is 0 Å². The SMILES string of the molecule is c1ccc2cc(Oc3cc4ccccc4cn3)ncc2c1. The van der Waals surface area contributed by atoms with Gasteiger partial charge >= 0.3 is 0 Å². The third kappa shape index (κ3) is 2.30. The minimum absolute atomic E-state index is 0.552. The molecule has 0 spiro atoms. The fourth-order valence-electron chi connectivity index (χ4n) is 2.35. The number of aromatic nitrogens is 2. The van der Waals surface area contributed by atoms with Crippen molar-refractivity contribution >= 4 is 21.5 Å². The third-order valence-corrected chi connectivity index (χ3v) is 3.42. The second kappa shape index (κ2) is 4.87. The van der Waals surface area contributed by atoms with Crippen LogP contribution in [-0.4, -0.2) is 9.97 Å². The van der Waals surface area contributed by atoms with Gasteiger partial charge in [-0.15, -0.1) is 0 Å². The van der Waals surface area contributed by atoms with Crippen LogP contribution in [0.1, 0.15) is 0 Å². The molecule has 3 nitrogen and oxygen atoms in total. The predicted octanol–water partition coefficient (Wildman–Crippen LogP) is 4.58. The van der Waals surface area contributed by atoms with Gasteiger partial charge in [0.2, 0.25) is 11.8 Å². The zero-order chi connectivity index (χ0) is 14.1. The lowest BCUT2D eigenvalue weighted by atomic mass is 10.2. The molecule has 0 saturated heterocycles. The second-order valence-corrected chi connectivity index (χ2v) is 4.84. The van der Waals surface area contributed by atoms with E-state index in [1.165, 1.54) is 0 Å². The first-order chi connectivity index (χ1) is 10.4. The van der Waals surface area contributed by atoms with Gasteiger partial charge in [-0.2, -0.15) is 0 Å². The number of hydrogen-bond acceptors (Lipinski definition) is 3. The third-order valence-electron chi connectivity index (χ3n) is 3.42. The van der Waals surface area contributed by atoms with E-state index in [4.69, 9.17) is 4.74 Å². The molecule has 0 atom stereocenters. The molecule has 3 heteroatoms. The number of hydrogen-bond donors (Lipinski definition) is 0. The fraction of sp³-hybridized carbons (Fsp3) is 0. The molecule has 100 valence electrons. The molecule has 0 fully saturated rings. The molecule has 0 amide bonds. The summed E-state index contributed by atoms with van der Waals surface area (Å²) in [5, 5.41) is 4.39. The van der Waals surface area contributed by atoms with Crippen molar-refractivity contribution < 1.29 is 4.74 Å². The Balaban J connectivity index is 1.71. The van der Waals surface area contributed by atoms with Crippen LogP contribution in [0.3, 0.4) is 0 Å². The molecule has 21 heavy (non-hydrogen) atoms. The van der Waals surface area contributed by atoms with Crippen LogP contribution in [0.25, 0.3) is 21.5 Å². The van der Waals surface area contributed by atoms with Crippen LogP contribution >= 0.6 is 0 Å². The molecular weight excluding hydrogens is 260 g/mol. The van der Waals surface area contributed by atoms with Crippen LogP contribution < -0.4 is 4.74 Å². The number of pyridine rings is 2. The highest BCUT2D eigenvalue weighted by molar-refractivity contribution is 5.83. The van der Waals surface area contributed by atoms with Crippen LogP contribution in [0.5, 0.6) is 11.8 Å². The molecule has 2 aromatic carbocycles. The Morgan fingerprint density at radius 1 is 0.571 bits per heavy atom. The molecule has 0 aliphatic carbocycles. The van der Waals surface area contributed by atoms with E-state index in [1.807, 2.05) is 73.1 Å². The first-order valence-electron chi connectivity index (χ1n) is 6.76. The van der Waals surface area contributed by atoms with Crippen LogP contribution in [0.4, 0.5) is 0 Å². The maximum Gasteiger partial charge on any atom is 0.221 e. The van der Waals surface area contributed by atoms with Crippen molar-refractivity contribution in [2.75, 3.05) is 0 Å². The Kier molecular flexibility index (Phi) is 2.75. The molecular formula is C18H12N2O. The van der Waals surface area contributed by atoms with Crippen molar-refractivity contribution in [3.63, 3.8) is 0 Å². The van der Waals surface area contributed by atoms with Gasteiger partial charge in [-0.05, 0) is 10.8 Å². The van der Waals surface area contributed by atoms with Gasteiger partial charge in [0.1, 0.15) is 0 Å². The predicted molar refractivity (Wildman–Crippen MR) is 83.6 cm³/mol. The van der Waals surface area contributed by atoms with Crippen LogP contribution in [0.15, 0.2) is 73.1 Å². The largest absolute Gasteiger partial charge is 0.421 e. The summed E-state index contributed by atoms with van der Waals surface area (Å²) >= 11 is 0. The first kappa shape index (κ1) is 11.9. The highest BCUT2D eigenvalue weighted by Gasteiger charge is 2.03. The van der Waals surface area contributed by atoms with Gasteiger partial charge in [-0.1, -0.05) is 48.5 Å². The topological polar surface area (TPSA) is 35.0 Å². The Morgan fingerprint density at radius 2 is 1.00 bits per heavy atom. The van der Waals surface area contributed by atoms with Crippen LogP contribution in [-0.2, 0) is 0 Å². The van der Waals surface area contributed by atoms with Crippen LogP contribution in [0, 0.1) is 0 Å². The van der Waals surface area contributed by atoms with Gasteiger partial charge in [0.15, 0.2) is 0 Å². The normalized spacial score (nSPS) is 10.9. The Labute approximate surface area is 121 Å². The second-order valence-electron chi connectivity index (χ2n) is 4.84. The maximum absolute atomic E-state index is 5.77. The van der Waals surface area contributed by atoms with E-state index in [0.29, 0.717) is 11.8 Å². The molecule has 0 bridgehead atoms. The fourth-order valence-corrected chi connectivity index (χ4v) is 2.35. The summed E-state index contributed by atoms with van der Waals surface area (Å²) in [4.78, 5) is 8.64. The van der Waals surface area contributed by atoms with Gasteiger partial charge in [-0.25, -0.2) is 9.97 Å². The molecule has 0 aliphatic rings. The number of fused-ring (bicyclic) bond motifs is 2.